The van der Waals surface area contributed by atoms with E-state index in [9.17, 15) is 22.0 Å². The quantitative estimate of drug-likeness (QED) is 0.769. The summed E-state index contributed by atoms with van der Waals surface area (Å²) in [4.78, 5) is 12.1. The topological polar surface area (TPSA) is 54.5 Å². The molecule has 0 atom stereocenters. The lowest BCUT2D eigenvalue weighted by Gasteiger charge is -2.18. The Morgan fingerprint density at radius 1 is 1.35 bits per heavy atom. The zero-order valence-corrected chi connectivity index (χ0v) is 13.0. The molecule has 0 N–H and O–H groups in total. The molecule has 1 aromatic rings. The summed E-state index contributed by atoms with van der Waals surface area (Å²) in [6.07, 6.45) is -2.74. The molecule has 0 fully saturated rings. The molecule has 0 heterocycles. The van der Waals surface area contributed by atoms with Crippen LogP contribution >= 0.6 is 33.9 Å². The van der Waals surface area contributed by atoms with Crippen molar-refractivity contribution in [1.82, 2.24) is 4.90 Å². The third-order valence-corrected chi connectivity index (χ3v) is 4.34. The van der Waals surface area contributed by atoms with Gasteiger partial charge >= 0.3 is 0 Å². The highest BCUT2D eigenvalue weighted by molar-refractivity contribution is 8.13. The Labute approximate surface area is 128 Å². The number of amides is 1. The number of carbonyl (C=O) groups excluding carboxylic acids is 1. The van der Waals surface area contributed by atoms with E-state index in [0.717, 1.165) is 19.2 Å². The van der Waals surface area contributed by atoms with Gasteiger partial charge in [0.25, 0.3) is 21.4 Å². The summed E-state index contributed by atoms with van der Waals surface area (Å²) < 4.78 is 47.1. The van der Waals surface area contributed by atoms with Crippen molar-refractivity contribution in [2.24, 2.45) is 0 Å². The van der Waals surface area contributed by atoms with Gasteiger partial charge in [0.1, 0.15) is 4.90 Å². The Balaban J connectivity index is 3.33. The molecule has 0 aliphatic carbocycles. The standard InChI is InChI=1S/C10H8Cl3F2NO3S/c1-16(4-8(14)15)10(17)6-2-5(11)3-7(9(6)12)20(13,18)19/h2-3,8H,4H2,1H3. The maximum absolute atomic E-state index is 12.2. The normalized spacial score (nSPS) is 11.8. The first-order chi connectivity index (χ1) is 9.04. The fourth-order valence-electron chi connectivity index (χ4n) is 1.39. The lowest BCUT2D eigenvalue weighted by atomic mass is 10.2. The minimum absolute atomic E-state index is 0.109. The molecule has 0 unspecified atom stereocenters. The molecule has 1 aromatic carbocycles. The summed E-state index contributed by atoms with van der Waals surface area (Å²) in [5, 5.41) is -0.571. The van der Waals surface area contributed by atoms with Crippen LogP contribution in [0.15, 0.2) is 17.0 Å². The summed E-state index contributed by atoms with van der Waals surface area (Å²) >= 11 is 11.5. The molecule has 0 aliphatic heterocycles. The largest absolute Gasteiger partial charge is 0.336 e. The molecule has 0 saturated heterocycles. The molecule has 20 heavy (non-hydrogen) atoms. The molecule has 112 valence electrons. The Morgan fingerprint density at radius 3 is 2.35 bits per heavy atom. The molecule has 1 rings (SSSR count). The van der Waals surface area contributed by atoms with E-state index in [2.05, 4.69) is 0 Å². The highest BCUT2D eigenvalue weighted by Crippen LogP contribution is 2.32. The zero-order valence-electron chi connectivity index (χ0n) is 9.91. The molecular weight excluding hydrogens is 359 g/mol. The van der Waals surface area contributed by atoms with E-state index >= 15 is 0 Å². The molecule has 0 aromatic heterocycles. The van der Waals surface area contributed by atoms with Crippen molar-refractivity contribution in [3.63, 3.8) is 0 Å². The zero-order chi connectivity index (χ0) is 15.7. The molecule has 0 bridgehead atoms. The third kappa shape index (κ3) is 4.18. The van der Waals surface area contributed by atoms with Crippen molar-refractivity contribution >= 4 is 48.8 Å². The summed E-state index contributed by atoms with van der Waals surface area (Å²) in [6.45, 7) is -0.829. The van der Waals surface area contributed by atoms with Gasteiger partial charge in [0, 0.05) is 22.8 Å². The second kappa shape index (κ2) is 6.43. The Morgan fingerprint density at radius 2 is 1.90 bits per heavy atom. The van der Waals surface area contributed by atoms with Crippen LogP contribution in [0.5, 0.6) is 0 Å². The molecule has 0 radical (unpaired) electrons. The number of halogens is 5. The minimum atomic E-state index is -4.22. The van der Waals surface area contributed by atoms with Crippen LogP contribution < -0.4 is 0 Å². The van der Waals surface area contributed by atoms with Gasteiger partial charge < -0.3 is 4.90 Å². The molecule has 0 saturated carbocycles. The molecule has 0 spiro atoms. The summed E-state index contributed by atoms with van der Waals surface area (Å²) in [7, 11) is 2.06. The minimum Gasteiger partial charge on any atom is -0.336 e. The first-order valence-electron chi connectivity index (χ1n) is 5.01. The van der Waals surface area contributed by atoms with Crippen molar-refractivity contribution in [3.8, 4) is 0 Å². The summed E-state index contributed by atoms with van der Waals surface area (Å²) in [5.74, 6) is -0.889. The van der Waals surface area contributed by atoms with Crippen molar-refractivity contribution < 1.29 is 22.0 Å². The van der Waals surface area contributed by atoms with Crippen molar-refractivity contribution in [1.29, 1.82) is 0 Å². The predicted octanol–water partition coefficient (Wildman–Crippen LogP) is 3.26. The second-order valence-corrected chi connectivity index (χ2v) is 7.13. The van der Waals surface area contributed by atoms with Gasteiger partial charge in [-0.05, 0) is 12.1 Å². The van der Waals surface area contributed by atoms with Crippen molar-refractivity contribution in [2.45, 2.75) is 11.3 Å². The average molecular weight is 367 g/mol. The predicted molar refractivity (Wildman–Crippen MR) is 72.5 cm³/mol. The first-order valence-corrected chi connectivity index (χ1v) is 8.08. The van der Waals surface area contributed by atoms with E-state index in [1.807, 2.05) is 0 Å². The van der Waals surface area contributed by atoms with Crippen LogP contribution in [0.2, 0.25) is 10.0 Å². The van der Waals surface area contributed by atoms with Gasteiger partial charge in [-0.3, -0.25) is 4.79 Å². The number of rotatable bonds is 4. The fourth-order valence-corrected chi connectivity index (χ4v) is 3.25. The van der Waals surface area contributed by atoms with Gasteiger partial charge in [-0.1, -0.05) is 23.2 Å². The number of benzene rings is 1. The van der Waals surface area contributed by atoms with E-state index in [1.165, 1.54) is 0 Å². The van der Waals surface area contributed by atoms with Crippen LogP contribution in [0.25, 0.3) is 0 Å². The van der Waals surface area contributed by atoms with Crippen LogP contribution in [-0.4, -0.2) is 39.2 Å². The lowest BCUT2D eigenvalue weighted by Crippen LogP contribution is -2.31. The average Bonchev–Trinajstić information content (AvgIpc) is 2.28. The van der Waals surface area contributed by atoms with Crippen LogP contribution in [0.3, 0.4) is 0 Å². The summed E-state index contributed by atoms with van der Waals surface area (Å²) in [6, 6.07) is 2.05. The highest BCUT2D eigenvalue weighted by atomic mass is 35.7. The molecule has 1 amide bonds. The third-order valence-electron chi connectivity index (χ3n) is 2.26. The monoisotopic (exact) mass is 365 g/mol. The Bertz CT molecular complexity index is 637. The molecular formula is C10H8Cl3F2NO3S. The maximum Gasteiger partial charge on any atom is 0.262 e. The van der Waals surface area contributed by atoms with Gasteiger partial charge in [-0.25, -0.2) is 17.2 Å². The van der Waals surface area contributed by atoms with E-state index in [1.54, 1.807) is 0 Å². The van der Waals surface area contributed by atoms with Gasteiger partial charge in [-0.15, -0.1) is 0 Å². The van der Waals surface area contributed by atoms with Gasteiger partial charge in [0.15, 0.2) is 0 Å². The number of carbonyl (C=O) groups is 1. The van der Waals surface area contributed by atoms with Crippen LogP contribution in [0, 0.1) is 0 Å². The maximum atomic E-state index is 12.2. The van der Waals surface area contributed by atoms with Gasteiger partial charge in [-0.2, -0.15) is 0 Å². The van der Waals surface area contributed by atoms with E-state index in [-0.39, 0.29) is 10.6 Å². The van der Waals surface area contributed by atoms with Gasteiger partial charge in [0.05, 0.1) is 17.1 Å². The van der Waals surface area contributed by atoms with Crippen LogP contribution in [0.4, 0.5) is 8.78 Å². The van der Waals surface area contributed by atoms with Crippen molar-refractivity contribution in [3.05, 3.63) is 27.7 Å². The summed E-state index contributed by atoms with van der Waals surface area (Å²) in [5.41, 5.74) is -0.318. The Hall–Kier alpha value is -0.630. The van der Waals surface area contributed by atoms with Crippen LogP contribution in [-0.2, 0) is 9.05 Å². The number of hydrogen-bond donors (Lipinski definition) is 0. The highest BCUT2D eigenvalue weighted by Gasteiger charge is 2.25. The Kier molecular flexibility index (Phi) is 5.60. The fraction of sp³-hybridized carbons (Fsp3) is 0.300. The SMILES string of the molecule is CN(CC(F)F)C(=O)c1cc(Cl)cc(S(=O)(=O)Cl)c1Cl. The van der Waals surface area contributed by atoms with E-state index in [0.29, 0.717) is 4.90 Å². The number of nitrogens with zero attached hydrogens (tertiary/aromatic N) is 1. The van der Waals surface area contributed by atoms with E-state index < -0.39 is 37.8 Å². The molecule has 0 aliphatic rings. The second-order valence-electron chi connectivity index (χ2n) is 3.78. The van der Waals surface area contributed by atoms with E-state index in [4.69, 9.17) is 33.9 Å². The molecule has 4 nitrogen and oxygen atoms in total. The molecule has 10 heteroatoms. The lowest BCUT2D eigenvalue weighted by molar-refractivity contribution is 0.0620. The van der Waals surface area contributed by atoms with Gasteiger partial charge in [0.2, 0.25) is 0 Å². The number of alkyl halides is 2. The first kappa shape index (κ1) is 17.4. The smallest absolute Gasteiger partial charge is 0.262 e. The number of hydrogen-bond acceptors (Lipinski definition) is 3. The van der Waals surface area contributed by atoms with Crippen LogP contribution in [0.1, 0.15) is 10.4 Å². The van der Waals surface area contributed by atoms with Crippen molar-refractivity contribution in [2.75, 3.05) is 13.6 Å².